The van der Waals surface area contributed by atoms with Crippen molar-refractivity contribution >= 4 is 6.09 Å². The van der Waals surface area contributed by atoms with Crippen LogP contribution in [-0.2, 0) is 4.74 Å². The second-order valence-electron chi connectivity index (χ2n) is 7.21. The molecule has 124 valence electrons. The second-order valence-corrected chi connectivity index (χ2v) is 7.21. The van der Waals surface area contributed by atoms with E-state index in [-0.39, 0.29) is 12.1 Å². The summed E-state index contributed by atoms with van der Waals surface area (Å²) in [5, 5.41) is 0. The Kier molecular flexibility index (Phi) is 5.16. The van der Waals surface area contributed by atoms with Crippen LogP contribution in [0.2, 0.25) is 0 Å². The molecule has 1 aliphatic heterocycles. The van der Waals surface area contributed by atoms with E-state index in [9.17, 15) is 4.79 Å². The highest BCUT2D eigenvalue weighted by molar-refractivity contribution is 5.68. The lowest BCUT2D eigenvalue weighted by Gasteiger charge is -2.27. The Bertz CT molecular complexity index is 479. The summed E-state index contributed by atoms with van der Waals surface area (Å²) in [5.74, 6) is 1.46. The zero-order valence-corrected chi connectivity index (χ0v) is 14.3. The highest BCUT2D eigenvalue weighted by Gasteiger charge is 2.31. The van der Waals surface area contributed by atoms with Gasteiger partial charge in [0, 0.05) is 19.6 Å². The molecule has 1 fully saturated rings. The van der Waals surface area contributed by atoms with E-state index in [0.717, 1.165) is 31.8 Å². The van der Waals surface area contributed by atoms with Gasteiger partial charge in [-0.15, -0.1) is 0 Å². The van der Waals surface area contributed by atoms with Crippen LogP contribution < -0.4 is 0 Å². The molecule has 22 heavy (non-hydrogen) atoms. The average molecular weight is 308 g/mol. The number of carbonyl (C=O) groups excluding carboxylic acids is 1. The van der Waals surface area contributed by atoms with E-state index in [1.807, 2.05) is 37.8 Å². The van der Waals surface area contributed by atoms with Gasteiger partial charge in [-0.25, -0.2) is 4.79 Å². The van der Waals surface area contributed by atoms with Crippen LogP contribution in [0.25, 0.3) is 0 Å². The molecule has 0 aliphatic carbocycles. The number of carbonyl (C=O) groups is 1. The molecule has 5 nitrogen and oxygen atoms in total. The minimum Gasteiger partial charge on any atom is -0.468 e. The molecule has 0 radical (unpaired) electrons. The molecule has 0 saturated carbocycles. The molecule has 5 heteroatoms. The van der Waals surface area contributed by atoms with Crippen LogP contribution >= 0.6 is 0 Å². The molecular formula is C17H28N2O3. The first-order valence-electron chi connectivity index (χ1n) is 7.98. The van der Waals surface area contributed by atoms with Gasteiger partial charge in [-0.3, -0.25) is 4.90 Å². The standard InChI is InChI=1S/C17H28N2O3/c1-13(15-7-6-10-21-15)18(5)11-14-8-9-19(12-14)16(20)22-17(2,3)4/h6-7,10,13-14H,8-9,11-12H2,1-5H3/t13-,14+/m1/s1. The van der Waals surface area contributed by atoms with Crippen molar-refractivity contribution in [2.75, 3.05) is 26.7 Å². The Balaban J connectivity index is 1.82. The number of amides is 1. The molecule has 1 aliphatic rings. The normalized spacial score (nSPS) is 20.5. The zero-order valence-electron chi connectivity index (χ0n) is 14.3. The lowest BCUT2D eigenvalue weighted by atomic mass is 10.1. The van der Waals surface area contributed by atoms with Crippen LogP contribution in [0.5, 0.6) is 0 Å². The first-order valence-corrected chi connectivity index (χ1v) is 7.98. The van der Waals surface area contributed by atoms with Crippen LogP contribution in [0.4, 0.5) is 4.79 Å². The Morgan fingerprint density at radius 2 is 2.27 bits per heavy atom. The summed E-state index contributed by atoms with van der Waals surface area (Å²) in [6, 6.07) is 4.16. The molecule has 2 rings (SSSR count). The van der Waals surface area contributed by atoms with E-state index in [4.69, 9.17) is 9.15 Å². The highest BCUT2D eigenvalue weighted by atomic mass is 16.6. The van der Waals surface area contributed by atoms with Gasteiger partial charge in [0.1, 0.15) is 11.4 Å². The summed E-state index contributed by atoms with van der Waals surface area (Å²) in [6.45, 7) is 10.3. The molecule has 0 N–H and O–H groups in total. The van der Waals surface area contributed by atoms with E-state index in [2.05, 4.69) is 18.9 Å². The van der Waals surface area contributed by atoms with Crippen LogP contribution in [0.15, 0.2) is 22.8 Å². The van der Waals surface area contributed by atoms with Gasteiger partial charge in [0.2, 0.25) is 0 Å². The fourth-order valence-electron chi connectivity index (χ4n) is 2.79. The zero-order chi connectivity index (χ0) is 16.3. The quantitative estimate of drug-likeness (QED) is 0.853. The molecule has 0 spiro atoms. The number of likely N-dealkylation sites (tertiary alicyclic amines) is 1. The van der Waals surface area contributed by atoms with Crippen molar-refractivity contribution in [3.05, 3.63) is 24.2 Å². The molecule has 2 heterocycles. The lowest BCUT2D eigenvalue weighted by Crippen LogP contribution is -2.36. The van der Waals surface area contributed by atoms with Gasteiger partial charge in [-0.05, 0) is 59.2 Å². The fraction of sp³-hybridized carbons (Fsp3) is 0.706. The van der Waals surface area contributed by atoms with E-state index < -0.39 is 5.60 Å². The third kappa shape index (κ3) is 4.50. The van der Waals surface area contributed by atoms with Gasteiger partial charge in [0.25, 0.3) is 0 Å². The Labute approximate surface area is 133 Å². The molecule has 0 unspecified atom stereocenters. The average Bonchev–Trinajstić information content (AvgIpc) is 3.06. The lowest BCUT2D eigenvalue weighted by molar-refractivity contribution is 0.0284. The first kappa shape index (κ1) is 16.9. The summed E-state index contributed by atoms with van der Waals surface area (Å²) in [4.78, 5) is 16.2. The number of nitrogens with zero attached hydrogens (tertiary/aromatic N) is 2. The number of rotatable bonds is 4. The Morgan fingerprint density at radius 1 is 1.55 bits per heavy atom. The predicted molar refractivity (Wildman–Crippen MR) is 85.7 cm³/mol. The maximum Gasteiger partial charge on any atom is 0.410 e. The molecule has 1 amide bonds. The smallest absolute Gasteiger partial charge is 0.410 e. The van der Waals surface area contributed by atoms with Gasteiger partial charge in [0.05, 0.1) is 12.3 Å². The fourth-order valence-corrected chi connectivity index (χ4v) is 2.79. The van der Waals surface area contributed by atoms with Gasteiger partial charge in [0.15, 0.2) is 0 Å². The maximum atomic E-state index is 12.1. The van der Waals surface area contributed by atoms with Crippen LogP contribution in [0, 0.1) is 5.92 Å². The summed E-state index contributed by atoms with van der Waals surface area (Å²) in [6.07, 6.45) is 2.53. The number of hydrogen-bond acceptors (Lipinski definition) is 4. The van der Waals surface area contributed by atoms with Gasteiger partial charge in [-0.2, -0.15) is 0 Å². The molecule has 0 aromatic carbocycles. The van der Waals surface area contributed by atoms with Crippen LogP contribution in [0.3, 0.4) is 0 Å². The van der Waals surface area contributed by atoms with Crippen molar-refractivity contribution in [1.82, 2.24) is 9.80 Å². The number of ether oxygens (including phenoxy) is 1. The van der Waals surface area contributed by atoms with Crippen molar-refractivity contribution in [2.24, 2.45) is 5.92 Å². The van der Waals surface area contributed by atoms with Crippen molar-refractivity contribution in [1.29, 1.82) is 0 Å². The molecular weight excluding hydrogens is 280 g/mol. The Morgan fingerprint density at radius 3 is 2.86 bits per heavy atom. The molecule has 0 bridgehead atoms. The topological polar surface area (TPSA) is 45.9 Å². The maximum absolute atomic E-state index is 12.1. The molecule has 2 atom stereocenters. The summed E-state index contributed by atoms with van der Waals surface area (Å²) in [5.41, 5.74) is -0.431. The van der Waals surface area contributed by atoms with E-state index >= 15 is 0 Å². The monoisotopic (exact) mass is 308 g/mol. The number of furan rings is 1. The summed E-state index contributed by atoms with van der Waals surface area (Å²) < 4.78 is 10.9. The minimum absolute atomic E-state index is 0.197. The van der Waals surface area contributed by atoms with Crippen LogP contribution in [-0.4, -0.2) is 48.2 Å². The second kappa shape index (κ2) is 6.73. The van der Waals surface area contributed by atoms with Gasteiger partial charge < -0.3 is 14.1 Å². The predicted octanol–water partition coefficient (Wildman–Crippen LogP) is 3.53. The van der Waals surface area contributed by atoms with Crippen molar-refractivity contribution in [3.63, 3.8) is 0 Å². The van der Waals surface area contributed by atoms with Gasteiger partial charge >= 0.3 is 6.09 Å². The summed E-state index contributed by atoms with van der Waals surface area (Å²) in [7, 11) is 2.10. The van der Waals surface area contributed by atoms with Gasteiger partial charge in [-0.1, -0.05) is 0 Å². The third-order valence-electron chi connectivity index (χ3n) is 4.10. The van der Waals surface area contributed by atoms with Crippen molar-refractivity contribution < 1.29 is 13.9 Å². The summed E-state index contributed by atoms with van der Waals surface area (Å²) >= 11 is 0. The Hall–Kier alpha value is -1.49. The van der Waals surface area contributed by atoms with Crippen molar-refractivity contribution in [3.8, 4) is 0 Å². The third-order valence-corrected chi connectivity index (χ3v) is 4.10. The SMILES string of the molecule is C[C@H](c1ccco1)N(C)C[C@@H]1CCN(C(=O)OC(C)(C)C)C1. The van der Waals surface area contributed by atoms with Crippen molar-refractivity contribution in [2.45, 2.75) is 45.8 Å². The van der Waals surface area contributed by atoms with E-state index in [0.29, 0.717) is 5.92 Å². The molecule has 1 aromatic heterocycles. The largest absolute Gasteiger partial charge is 0.468 e. The molecule has 1 saturated heterocycles. The van der Waals surface area contributed by atoms with E-state index in [1.54, 1.807) is 6.26 Å². The number of hydrogen-bond donors (Lipinski definition) is 0. The van der Waals surface area contributed by atoms with E-state index in [1.165, 1.54) is 0 Å². The first-order chi connectivity index (χ1) is 10.3. The molecule has 1 aromatic rings. The van der Waals surface area contributed by atoms with Crippen LogP contribution in [0.1, 0.15) is 45.9 Å². The minimum atomic E-state index is -0.431. The highest BCUT2D eigenvalue weighted by Crippen LogP contribution is 2.24.